The summed E-state index contributed by atoms with van der Waals surface area (Å²) < 4.78 is 14.0. The average Bonchev–Trinajstić information content (AvgIpc) is 3.79. The lowest BCUT2D eigenvalue weighted by Crippen LogP contribution is -2.62. The fourth-order valence-electron chi connectivity index (χ4n) is 7.50. The number of anilines is 4. The van der Waals surface area contributed by atoms with E-state index in [-0.39, 0.29) is 47.5 Å². The summed E-state index contributed by atoms with van der Waals surface area (Å²) in [6.07, 6.45) is 2.49. The number of hydrogen-bond acceptors (Lipinski definition) is 11. The minimum Gasteiger partial charge on any atom is -0.465 e. The minimum absolute atomic E-state index is 0.176. The van der Waals surface area contributed by atoms with E-state index in [4.69, 9.17) is 20.8 Å². The van der Waals surface area contributed by atoms with Crippen molar-refractivity contribution in [3.63, 3.8) is 0 Å². The van der Waals surface area contributed by atoms with Gasteiger partial charge in [0.05, 0.1) is 53.0 Å². The second-order valence-corrected chi connectivity index (χ2v) is 19.8. The molecule has 1 amide bonds. The number of nitrogens with zero attached hydrogens (tertiary/aromatic N) is 8. The molecule has 50 heavy (non-hydrogen) atoms. The molecule has 14 nitrogen and oxygen atoms in total. The maximum absolute atomic E-state index is 12.6. The fraction of sp³-hybridized carbons (Fsp3) is 0.588. The first kappa shape index (κ1) is 37.1. The van der Waals surface area contributed by atoms with Gasteiger partial charge >= 0.3 is 6.09 Å². The molecule has 16 heteroatoms. The molecule has 5 rings (SSSR count). The first-order chi connectivity index (χ1) is 23.8. The number of piperidine rings is 1. The predicted molar refractivity (Wildman–Crippen MR) is 195 cm³/mol. The largest absolute Gasteiger partial charge is 0.465 e. The first-order valence-corrected chi connectivity index (χ1v) is 19.7. The Morgan fingerprint density at radius 1 is 1.14 bits per heavy atom. The molecule has 1 aromatic carbocycles. The summed E-state index contributed by atoms with van der Waals surface area (Å²) in [5.41, 5.74) is 2.94. The molecule has 0 radical (unpaired) electrons. The summed E-state index contributed by atoms with van der Waals surface area (Å²) >= 11 is 7.15. The molecule has 2 atom stereocenters. The summed E-state index contributed by atoms with van der Waals surface area (Å²) in [7, 11) is -0.896. The summed E-state index contributed by atoms with van der Waals surface area (Å²) in [5.74, 6) is 0.667. The third-order valence-electron chi connectivity index (χ3n) is 9.93. The Balaban J connectivity index is 1.53. The number of imidazole rings is 1. The van der Waals surface area contributed by atoms with Crippen molar-refractivity contribution >= 4 is 54.8 Å². The zero-order valence-electron chi connectivity index (χ0n) is 29.8. The van der Waals surface area contributed by atoms with E-state index in [0.717, 1.165) is 12.8 Å². The van der Waals surface area contributed by atoms with E-state index in [1.165, 1.54) is 15.6 Å². The normalized spacial score (nSPS) is 18.1. The molecular formula is C34H47ClN10O4Si. The quantitative estimate of drug-likeness (QED) is 0.152. The van der Waals surface area contributed by atoms with E-state index in [1.807, 2.05) is 0 Å². The Labute approximate surface area is 299 Å². The number of fused-ring (bicyclic) bond motifs is 1. The van der Waals surface area contributed by atoms with Gasteiger partial charge in [-0.2, -0.15) is 20.0 Å². The first-order valence-electron chi connectivity index (χ1n) is 17.2. The van der Waals surface area contributed by atoms with Crippen LogP contribution in [0.4, 0.5) is 27.9 Å². The zero-order valence-corrected chi connectivity index (χ0v) is 31.5. The van der Waals surface area contributed by atoms with Crippen LogP contribution >= 0.6 is 11.6 Å². The topological polar surface area (TPSA) is 177 Å². The van der Waals surface area contributed by atoms with Crippen LogP contribution in [0.3, 0.4) is 0 Å². The van der Waals surface area contributed by atoms with Crippen LogP contribution in [0.2, 0.25) is 21.6 Å². The standard InChI is InChI=1S/C34H47ClN10O4Si/c1-20(2)50(21(3)4,22(5)6)49-29-19-43(11-10-27(29)44(34(46)47)12-13-48-7)28-15-23(16-36)14-26(30(28)35)40-33-41-31(39-24-8-9-24)32-38-18-25(17-37)45(32)42-33/h14-15,18,20-22,24,27,29H,8-13,19H2,1-7H3,(H,46,47)(H2,39,40,41,42)/t27-,29-/m1/s1. The van der Waals surface area contributed by atoms with Crippen LogP contribution in [0.15, 0.2) is 18.3 Å². The highest BCUT2D eigenvalue weighted by Crippen LogP contribution is 2.45. The van der Waals surface area contributed by atoms with Gasteiger partial charge in [0.1, 0.15) is 6.07 Å². The molecule has 2 fully saturated rings. The van der Waals surface area contributed by atoms with Gasteiger partial charge in [0.15, 0.2) is 17.2 Å². The average molecular weight is 723 g/mol. The van der Waals surface area contributed by atoms with Crippen molar-refractivity contribution in [3.05, 3.63) is 34.6 Å². The van der Waals surface area contributed by atoms with Gasteiger partial charge in [0.25, 0.3) is 0 Å². The van der Waals surface area contributed by atoms with E-state index in [0.29, 0.717) is 52.9 Å². The van der Waals surface area contributed by atoms with Crippen molar-refractivity contribution in [2.75, 3.05) is 48.9 Å². The van der Waals surface area contributed by atoms with E-state index in [9.17, 15) is 20.4 Å². The summed E-state index contributed by atoms with van der Waals surface area (Å²) in [6.45, 7) is 14.6. The number of halogens is 1. The van der Waals surface area contributed by atoms with Gasteiger partial charge in [-0.05, 0) is 48.0 Å². The highest BCUT2D eigenvalue weighted by atomic mass is 35.5. The number of aromatic nitrogens is 4. The predicted octanol–water partition coefficient (Wildman–Crippen LogP) is 6.60. The zero-order chi connectivity index (χ0) is 36.3. The number of rotatable bonds is 14. The van der Waals surface area contributed by atoms with Gasteiger partial charge < -0.3 is 34.7 Å². The highest BCUT2D eigenvalue weighted by Gasteiger charge is 2.49. The van der Waals surface area contributed by atoms with Gasteiger partial charge in [-0.25, -0.2) is 9.78 Å². The molecular weight excluding hydrogens is 676 g/mol. The third-order valence-corrected chi connectivity index (χ3v) is 16.5. The monoisotopic (exact) mass is 722 g/mol. The summed E-state index contributed by atoms with van der Waals surface area (Å²) in [5, 5.41) is 41.5. The number of nitriles is 2. The van der Waals surface area contributed by atoms with Crippen molar-refractivity contribution in [3.8, 4) is 12.1 Å². The second kappa shape index (κ2) is 15.4. The van der Waals surface area contributed by atoms with Gasteiger partial charge in [0.2, 0.25) is 14.3 Å². The van der Waals surface area contributed by atoms with Gasteiger partial charge in [0, 0.05) is 32.8 Å². The Kier molecular flexibility index (Phi) is 11.4. The van der Waals surface area contributed by atoms with Crippen LogP contribution in [0.25, 0.3) is 5.65 Å². The van der Waals surface area contributed by atoms with Crippen LogP contribution < -0.4 is 15.5 Å². The SMILES string of the molecule is COCCN(C(=O)O)[C@@H]1CCN(c2cc(C#N)cc(Nc3nc(NC4CC4)c4ncc(C#N)n4n3)c2Cl)C[C@H]1O[Si](C(C)C)(C(C)C)C(C)C. The molecule has 2 aromatic heterocycles. The Morgan fingerprint density at radius 2 is 1.84 bits per heavy atom. The number of hydrogen-bond donors (Lipinski definition) is 3. The van der Waals surface area contributed by atoms with Crippen molar-refractivity contribution < 1.29 is 19.1 Å². The summed E-state index contributed by atoms with van der Waals surface area (Å²) in [6, 6.07) is 7.61. The van der Waals surface area contributed by atoms with Crippen molar-refractivity contribution in [2.45, 2.75) is 95.6 Å². The van der Waals surface area contributed by atoms with Crippen LogP contribution in [0.1, 0.15) is 72.1 Å². The minimum atomic E-state index is -2.46. The number of benzene rings is 1. The molecule has 0 spiro atoms. The third kappa shape index (κ3) is 7.46. The lowest BCUT2D eigenvalue weighted by Gasteiger charge is -2.50. The number of methoxy groups -OCH3 is 1. The van der Waals surface area contributed by atoms with Gasteiger partial charge in [-0.1, -0.05) is 53.1 Å². The molecule has 3 heterocycles. The molecule has 268 valence electrons. The molecule has 1 aliphatic carbocycles. The Hall–Kier alpha value is -4.15. The van der Waals surface area contributed by atoms with Crippen molar-refractivity contribution in [2.24, 2.45) is 0 Å². The number of amides is 1. The molecule has 0 bridgehead atoms. The lowest BCUT2D eigenvalue weighted by atomic mass is 9.99. The number of nitrogens with one attached hydrogen (secondary N) is 2. The number of carbonyl (C=O) groups is 1. The number of ether oxygens (including phenoxy) is 1. The van der Waals surface area contributed by atoms with Crippen LogP contribution in [-0.2, 0) is 9.16 Å². The fourth-order valence-corrected chi connectivity index (χ4v) is 13.4. The van der Waals surface area contributed by atoms with E-state index in [2.05, 4.69) is 84.3 Å². The molecule has 1 saturated carbocycles. The van der Waals surface area contributed by atoms with Crippen LogP contribution in [0.5, 0.6) is 0 Å². The maximum atomic E-state index is 12.6. The lowest BCUT2D eigenvalue weighted by molar-refractivity contribution is 0.0305. The van der Waals surface area contributed by atoms with Crippen molar-refractivity contribution in [1.82, 2.24) is 24.5 Å². The van der Waals surface area contributed by atoms with E-state index < -0.39 is 26.6 Å². The van der Waals surface area contributed by atoms with Crippen LogP contribution in [-0.4, -0.2) is 95.5 Å². The molecule has 3 aromatic rings. The maximum Gasteiger partial charge on any atom is 0.407 e. The smallest absolute Gasteiger partial charge is 0.407 e. The molecule has 2 aliphatic rings. The second-order valence-electron chi connectivity index (χ2n) is 14.0. The molecule has 1 saturated heterocycles. The van der Waals surface area contributed by atoms with Gasteiger partial charge in [-0.15, -0.1) is 5.10 Å². The van der Waals surface area contributed by atoms with E-state index >= 15 is 0 Å². The Morgan fingerprint density at radius 3 is 2.42 bits per heavy atom. The highest BCUT2D eigenvalue weighted by molar-refractivity contribution is 6.77. The molecule has 1 aliphatic heterocycles. The van der Waals surface area contributed by atoms with Crippen molar-refractivity contribution in [1.29, 1.82) is 10.5 Å². The molecule has 0 unspecified atom stereocenters. The summed E-state index contributed by atoms with van der Waals surface area (Å²) in [4.78, 5) is 25.2. The number of carboxylic acid groups (broad SMARTS) is 1. The van der Waals surface area contributed by atoms with E-state index in [1.54, 1.807) is 19.2 Å². The Bertz CT molecular complexity index is 1760. The van der Waals surface area contributed by atoms with Gasteiger partial charge in [-0.3, -0.25) is 0 Å². The van der Waals surface area contributed by atoms with Crippen LogP contribution in [0, 0.1) is 22.7 Å². The molecule has 3 N–H and O–H groups in total.